The van der Waals surface area contributed by atoms with Crippen LogP contribution in [0.2, 0.25) is 51.4 Å². The van der Waals surface area contributed by atoms with Crippen molar-refractivity contribution in [1.82, 2.24) is 0 Å². The summed E-state index contributed by atoms with van der Waals surface area (Å²) in [5.74, 6) is 7.93. The van der Waals surface area contributed by atoms with E-state index in [9.17, 15) is 0 Å². The Bertz CT molecular complexity index is 1100. The van der Waals surface area contributed by atoms with Gasteiger partial charge in [-0.25, -0.2) is 0 Å². The molecule has 0 amide bonds. The van der Waals surface area contributed by atoms with Gasteiger partial charge in [-0.1, -0.05) is 113 Å². The summed E-state index contributed by atoms with van der Waals surface area (Å²) in [5, 5.41) is 3.19. The quantitative estimate of drug-likeness (QED) is 0.185. The van der Waals surface area contributed by atoms with E-state index in [1.165, 1.54) is 82.4 Å². The molecule has 0 nitrogen and oxygen atoms in total. The van der Waals surface area contributed by atoms with Crippen molar-refractivity contribution >= 4 is 43.9 Å². The molecular formula is C40H66Cl2Si2Zr. The molecule has 4 fully saturated rings. The van der Waals surface area contributed by atoms with Crippen LogP contribution in [0.15, 0.2) is 36.4 Å². The van der Waals surface area contributed by atoms with Crippen LogP contribution >= 0.6 is 17.0 Å². The molecule has 4 aliphatic rings. The van der Waals surface area contributed by atoms with Crippen molar-refractivity contribution in [3.8, 4) is 0 Å². The number of halogens is 2. The SMILES string of the molecule is C[Si](C)(C)CC1CC(Cc2cccc3cccc(CC4CC(C[Si](C)(C)C)C5CCCCC45)c23)C2CCCCC12.[CH3-].[CH3-].[Cl][Zr+2][Cl]. The fraction of sp³-hybridized carbons (Fsp3) is 0.700. The first kappa shape index (κ1) is 40.0. The summed E-state index contributed by atoms with van der Waals surface area (Å²) < 4.78 is 0. The minimum absolute atomic E-state index is 0. The fourth-order valence-electron chi connectivity index (χ4n) is 11.1. The zero-order valence-electron chi connectivity index (χ0n) is 30.2. The van der Waals surface area contributed by atoms with Crippen molar-refractivity contribution in [3.05, 3.63) is 62.4 Å². The summed E-state index contributed by atoms with van der Waals surface area (Å²) in [6.45, 7) is 15.7. The maximum absolute atomic E-state index is 4.93. The summed E-state index contributed by atoms with van der Waals surface area (Å²) in [5.41, 5.74) is 3.40. The first-order valence-corrected chi connectivity index (χ1v) is 31.7. The third-order valence-electron chi connectivity index (χ3n) is 12.2. The number of fused-ring (bicyclic) bond motifs is 3. The molecule has 0 heterocycles. The van der Waals surface area contributed by atoms with Crippen molar-refractivity contribution in [2.45, 2.75) is 128 Å². The van der Waals surface area contributed by atoms with E-state index < -0.39 is 37.0 Å². The molecule has 252 valence electrons. The third-order valence-corrected chi connectivity index (χ3v) is 15.7. The molecule has 5 heteroatoms. The van der Waals surface area contributed by atoms with Gasteiger partial charge >= 0.3 is 37.9 Å². The molecule has 2 aromatic carbocycles. The van der Waals surface area contributed by atoms with Crippen molar-refractivity contribution in [2.24, 2.45) is 47.3 Å². The maximum atomic E-state index is 4.93. The molecule has 8 atom stereocenters. The van der Waals surface area contributed by atoms with Crippen molar-refractivity contribution in [3.63, 3.8) is 0 Å². The van der Waals surface area contributed by atoms with Crippen LogP contribution in [0.3, 0.4) is 0 Å². The van der Waals surface area contributed by atoms with E-state index in [2.05, 4.69) is 75.7 Å². The van der Waals surface area contributed by atoms with Gasteiger partial charge in [0.25, 0.3) is 0 Å². The molecule has 8 unspecified atom stereocenters. The average molecular weight is 765 g/mol. The van der Waals surface area contributed by atoms with Crippen LogP contribution in [0.1, 0.15) is 75.3 Å². The predicted molar refractivity (Wildman–Crippen MR) is 206 cm³/mol. The Kier molecular flexibility index (Phi) is 15.6. The second-order valence-corrected chi connectivity index (χ2v) is 32.5. The van der Waals surface area contributed by atoms with E-state index in [4.69, 9.17) is 17.0 Å². The Labute approximate surface area is 300 Å². The molecule has 0 spiro atoms. The van der Waals surface area contributed by atoms with Crippen molar-refractivity contribution in [1.29, 1.82) is 0 Å². The second-order valence-electron chi connectivity index (χ2n) is 17.7. The predicted octanol–water partition coefficient (Wildman–Crippen LogP) is 13.8. The van der Waals surface area contributed by atoms with Gasteiger partial charge in [-0.15, -0.1) is 0 Å². The Hall–Kier alpha value is 0.597. The van der Waals surface area contributed by atoms with Gasteiger partial charge in [0.05, 0.1) is 0 Å². The van der Waals surface area contributed by atoms with Crippen LogP contribution in [-0.2, 0) is 33.7 Å². The van der Waals surface area contributed by atoms with Crippen LogP contribution < -0.4 is 0 Å². The van der Waals surface area contributed by atoms with E-state index in [1.807, 2.05) is 0 Å². The molecule has 4 aliphatic carbocycles. The standard InChI is InChI=1S/C38H60Si2.2CH3.2ClH.Zr/c1-39(2,3)25-32-23-30(34-17-7-9-19-36(32)34)21-28-15-11-13-27-14-12-16-29(38(27)28)22-31-24-33(26-40(4,5)6)37-20-10-8-18-35(31)37;;;;;/h11-16,30-37H,7-10,17-26H2,1-6H3;2*1H3;2*1H;/q;2*-1;;;+4/p-2. The Morgan fingerprint density at radius 2 is 0.911 bits per heavy atom. The molecular weight excluding hydrogens is 699 g/mol. The molecule has 4 saturated carbocycles. The summed E-state index contributed by atoms with van der Waals surface area (Å²) >= 11 is -0.826. The molecule has 0 aliphatic heterocycles. The fourth-order valence-corrected chi connectivity index (χ4v) is 15.2. The average Bonchev–Trinajstić information content (AvgIpc) is 3.45. The first-order valence-electron chi connectivity index (χ1n) is 17.9. The third kappa shape index (κ3) is 10.3. The van der Waals surface area contributed by atoms with Gasteiger partial charge in [0.2, 0.25) is 0 Å². The molecule has 0 N–H and O–H groups in total. The van der Waals surface area contributed by atoms with E-state index >= 15 is 0 Å². The molecule has 0 aromatic heterocycles. The molecule has 6 rings (SSSR count). The van der Waals surface area contributed by atoms with Gasteiger partial charge in [0.15, 0.2) is 0 Å². The van der Waals surface area contributed by atoms with Crippen molar-refractivity contribution in [2.75, 3.05) is 0 Å². The van der Waals surface area contributed by atoms with E-state index in [0.717, 1.165) is 47.3 Å². The minimum atomic E-state index is -1.03. The zero-order valence-corrected chi connectivity index (χ0v) is 36.2. The van der Waals surface area contributed by atoms with E-state index in [-0.39, 0.29) is 14.9 Å². The Balaban J connectivity index is 0.00000106. The molecule has 45 heavy (non-hydrogen) atoms. The Morgan fingerprint density at radius 3 is 1.24 bits per heavy atom. The van der Waals surface area contributed by atoms with E-state index in [1.54, 1.807) is 28.6 Å². The van der Waals surface area contributed by atoms with Crippen LogP contribution in [0.4, 0.5) is 0 Å². The van der Waals surface area contributed by atoms with Crippen molar-refractivity contribution < 1.29 is 20.8 Å². The second kappa shape index (κ2) is 17.5. The van der Waals surface area contributed by atoms with Gasteiger partial charge < -0.3 is 14.9 Å². The summed E-state index contributed by atoms with van der Waals surface area (Å²) in [4.78, 5) is 0. The van der Waals surface area contributed by atoms with Gasteiger partial charge in [-0.2, -0.15) is 0 Å². The monoisotopic (exact) mass is 762 g/mol. The Morgan fingerprint density at radius 1 is 0.578 bits per heavy atom. The van der Waals surface area contributed by atoms with E-state index in [0.29, 0.717) is 0 Å². The molecule has 0 saturated heterocycles. The number of hydrogen-bond acceptors (Lipinski definition) is 0. The van der Waals surface area contributed by atoms with Crippen LogP contribution in [0, 0.1) is 62.2 Å². The van der Waals surface area contributed by atoms with Crippen LogP contribution in [-0.4, -0.2) is 16.1 Å². The van der Waals surface area contributed by atoms with Gasteiger partial charge in [-0.05, 0) is 121 Å². The summed E-state index contributed by atoms with van der Waals surface area (Å²) in [7, 11) is 7.81. The number of benzene rings is 2. The molecule has 0 radical (unpaired) electrons. The molecule has 0 bridgehead atoms. The van der Waals surface area contributed by atoms with Gasteiger partial charge in [-0.3, -0.25) is 0 Å². The zero-order chi connectivity index (χ0) is 30.8. The van der Waals surface area contributed by atoms with Crippen LogP contribution in [0.5, 0.6) is 0 Å². The normalized spacial score (nSPS) is 31.0. The molecule has 2 aromatic rings. The van der Waals surface area contributed by atoms with Crippen LogP contribution in [0.25, 0.3) is 10.8 Å². The van der Waals surface area contributed by atoms with Gasteiger partial charge in [0.1, 0.15) is 0 Å². The topological polar surface area (TPSA) is 0 Å². The summed E-state index contributed by atoms with van der Waals surface area (Å²) in [6, 6.07) is 17.8. The van der Waals surface area contributed by atoms with Gasteiger partial charge in [0, 0.05) is 16.1 Å². The number of hydrogen-bond donors (Lipinski definition) is 0. The number of rotatable bonds is 8. The summed E-state index contributed by atoms with van der Waals surface area (Å²) in [6.07, 6.45) is 17.8. The first-order chi connectivity index (χ1) is 20.5.